The molecule has 2 aromatic rings. The van der Waals surface area contributed by atoms with Crippen molar-refractivity contribution in [2.24, 2.45) is 11.1 Å². The first-order valence-corrected chi connectivity index (χ1v) is 8.73. The summed E-state index contributed by atoms with van der Waals surface area (Å²) in [5.74, 6) is 0. The van der Waals surface area contributed by atoms with Crippen LogP contribution in [-0.4, -0.2) is 4.57 Å². The molecule has 3 rings (SSSR count). The molecule has 0 spiro atoms. The summed E-state index contributed by atoms with van der Waals surface area (Å²) in [4.78, 5) is 2.92. The monoisotopic (exact) mass is 302 g/mol. The summed E-state index contributed by atoms with van der Waals surface area (Å²) in [5.41, 5.74) is 10.9. The van der Waals surface area contributed by atoms with E-state index in [4.69, 9.17) is 5.73 Å². The fourth-order valence-corrected chi connectivity index (χ4v) is 4.52. The maximum Gasteiger partial charge on any atom is 0.0568 e. The molecule has 2 nitrogen and oxygen atoms in total. The normalized spacial score (nSPS) is 20.5. The SMILES string of the molecule is CCc1ccc(Cn2c(C)cc3c2CC(C)(C)CC3N)s1. The quantitative estimate of drug-likeness (QED) is 0.892. The number of aryl methyl sites for hydroxylation is 2. The van der Waals surface area contributed by atoms with Crippen LogP contribution < -0.4 is 5.73 Å². The summed E-state index contributed by atoms with van der Waals surface area (Å²) in [7, 11) is 0. The Morgan fingerprint density at radius 2 is 2.05 bits per heavy atom. The second-order valence-corrected chi connectivity index (χ2v) is 8.40. The van der Waals surface area contributed by atoms with E-state index in [0.717, 1.165) is 25.8 Å². The molecule has 2 aromatic heterocycles. The number of rotatable bonds is 3. The summed E-state index contributed by atoms with van der Waals surface area (Å²) in [5, 5.41) is 0. The fraction of sp³-hybridized carbons (Fsp3) is 0.556. The second kappa shape index (κ2) is 5.29. The highest BCUT2D eigenvalue weighted by atomic mass is 32.1. The van der Waals surface area contributed by atoms with Crippen molar-refractivity contribution < 1.29 is 0 Å². The third kappa shape index (κ3) is 2.82. The van der Waals surface area contributed by atoms with Crippen LogP contribution >= 0.6 is 11.3 Å². The number of nitrogens with two attached hydrogens (primary N) is 1. The number of nitrogens with zero attached hydrogens (tertiary/aromatic N) is 1. The van der Waals surface area contributed by atoms with Crippen molar-refractivity contribution in [1.82, 2.24) is 4.57 Å². The first kappa shape index (κ1) is 14.9. The highest BCUT2D eigenvalue weighted by molar-refractivity contribution is 7.11. The van der Waals surface area contributed by atoms with Crippen LogP contribution in [0.15, 0.2) is 18.2 Å². The van der Waals surface area contributed by atoms with Crippen molar-refractivity contribution in [3.8, 4) is 0 Å². The van der Waals surface area contributed by atoms with Gasteiger partial charge in [0.2, 0.25) is 0 Å². The molecule has 0 fully saturated rings. The van der Waals surface area contributed by atoms with E-state index in [1.165, 1.54) is 26.7 Å². The lowest BCUT2D eigenvalue weighted by atomic mass is 9.74. The second-order valence-electron chi connectivity index (χ2n) is 7.15. The predicted molar refractivity (Wildman–Crippen MR) is 91.0 cm³/mol. The Morgan fingerprint density at radius 3 is 2.71 bits per heavy atom. The van der Waals surface area contributed by atoms with E-state index >= 15 is 0 Å². The Labute approximate surface area is 132 Å². The average Bonchev–Trinajstić information content (AvgIpc) is 2.96. The summed E-state index contributed by atoms with van der Waals surface area (Å²) in [6.45, 7) is 10.1. The lowest BCUT2D eigenvalue weighted by Gasteiger charge is -2.34. The molecule has 0 aliphatic heterocycles. The van der Waals surface area contributed by atoms with Crippen LogP contribution in [0.4, 0.5) is 0 Å². The summed E-state index contributed by atoms with van der Waals surface area (Å²) in [6.07, 6.45) is 3.35. The number of aromatic nitrogens is 1. The largest absolute Gasteiger partial charge is 0.343 e. The van der Waals surface area contributed by atoms with Gasteiger partial charge >= 0.3 is 0 Å². The number of thiophene rings is 1. The van der Waals surface area contributed by atoms with Crippen molar-refractivity contribution in [1.29, 1.82) is 0 Å². The van der Waals surface area contributed by atoms with Crippen LogP contribution in [0.2, 0.25) is 0 Å². The van der Waals surface area contributed by atoms with Gasteiger partial charge in [0.15, 0.2) is 0 Å². The molecule has 0 radical (unpaired) electrons. The third-order valence-corrected chi connectivity index (χ3v) is 5.86. The molecular formula is C18H26N2S. The molecule has 1 atom stereocenters. The van der Waals surface area contributed by atoms with E-state index < -0.39 is 0 Å². The van der Waals surface area contributed by atoms with Gasteiger partial charge in [0.05, 0.1) is 6.54 Å². The van der Waals surface area contributed by atoms with Crippen LogP contribution in [0.1, 0.15) is 59.9 Å². The van der Waals surface area contributed by atoms with E-state index in [1.807, 2.05) is 11.3 Å². The van der Waals surface area contributed by atoms with Crippen LogP contribution in [0.25, 0.3) is 0 Å². The molecule has 1 aliphatic rings. The minimum atomic E-state index is 0.193. The van der Waals surface area contributed by atoms with Gasteiger partial charge in [-0.2, -0.15) is 0 Å². The van der Waals surface area contributed by atoms with Crippen molar-refractivity contribution in [3.05, 3.63) is 44.9 Å². The summed E-state index contributed by atoms with van der Waals surface area (Å²) < 4.78 is 2.49. The first-order valence-electron chi connectivity index (χ1n) is 7.91. The highest BCUT2D eigenvalue weighted by Gasteiger charge is 2.33. The molecule has 0 saturated carbocycles. The minimum Gasteiger partial charge on any atom is -0.343 e. The van der Waals surface area contributed by atoms with E-state index in [0.29, 0.717) is 5.41 Å². The van der Waals surface area contributed by atoms with Gasteiger partial charge in [-0.25, -0.2) is 0 Å². The average molecular weight is 302 g/mol. The Hall–Kier alpha value is -1.06. The molecular weight excluding hydrogens is 276 g/mol. The van der Waals surface area contributed by atoms with E-state index in [-0.39, 0.29) is 6.04 Å². The number of fused-ring (bicyclic) bond motifs is 1. The van der Waals surface area contributed by atoms with Gasteiger partial charge in [0, 0.05) is 27.2 Å². The summed E-state index contributed by atoms with van der Waals surface area (Å²) in [6, 6.07) is 7.05. The maximum absolute atomic E-state index is 6.41. The Balaban J connectivity index is 1.96. The molecule has 0 saturated heterocycles. The number of hydrogen-bond donors (Lipinski definition) is 1. The van der Waals surface area contributed by atoms with Gasteiger partial charge in [-0.1, -0.05) is 20.8 Å². The highest BCUT2D eigenvalue weighted by Crippen LogP contribution is 2.41. The number of hydrogen-bond acceptors (Lipinski definition) is 2. The lowest BCUT2D eigenvalue weighted by Crippen LogP contribution is -2.30. The van der Waals surface area contributed by atoms with Crippen molar-refractivity contribution in [2.75, 3.05) is 0 Å². The zero-order valence-electron chi connectivity index (χ0n) is 13.6. The van der Waals surface area contributed by atoms with E-state index in [2.05, 4.69) is 50.5 Å². The Kier molecular flexibility index (Phi) is 3.74. The standard InChI is InChI=1S/C18H26N2S/c1-5-13-6-7-14(21-13)11-20-12(2)8-15-16(19)9-18(3,4)10-17(15)20/h6-8,16H,5,9-11,19H2,1-4H3. The molecule has 3 heteroatoms. The van der Waals surface area contributed by atoms with E-state index in [1.54, 1.807) is 0 Å². The van der Waals surface area contributed by atoms with Crippen LogP contribution in [0, 0.1) is 12.3 Å². The van der Waals surface area contributed by atoms with Crippen molar-refractivity contribution in [3.63, 3.8) is 0 Å². The van der Waals surface area contributed by atoms with Gasteiger partial charge in [-0.05, 0) is 55.4 Å². The van der Waals surface area contributed by atoms with E-state index in [9.17, 15) is 0 Å². The zero-order chi connectivity index (χ0) is 15.2. The summed E-state index contributed by atoms with van der Waals surface area (Å²) >= 11 is 1.94. The maximum atomic E-state index is 6.41. The van der Waals surface area contributed by atoms with Crippen LogP contribution in [0.5, 0.6) is 0 Å². The van der Waals surface area contributed by atoms with Crippen molar-refractivity contribution in [2.45, 2.75) is 59.5 Å². The molecule has 0 aromatic carbocycles. The molecule has 2 N–H and O–H groups in total. The Bertz CT molecular complexity index is 648. The lowest BCUT2D eigenvalue weighted by molar-refractivity contribution is 0.276. The zero-order valence-corrected chi connectivity index (χ0v) is 14.4. The van der Waals surface area contributed by atoms with Crippen LogP contribution in [-0.2, 0) is 19.4 Å². The van der Waals surface area contributed by atoms with Gasteiger partial charge in [-0.3, -0.25) is 0 Å². The fourth-order valence-electron chi connectivity index (χ4n) is 3.58. The molecule has 0 bridgehead atoms. The van der Waals surface area contributed by atoms with Gasteiger partial charge in [-0.15, -0.1) is 11.3 Å². The van der Waals surface area contributed by atoms with Gasteiger partial charge in [0.1, 0.15) is 0 Å². The van der Waals surface area contributed by atoms with Crippen molar-refractivity contribution >= 4 is 11.3 Å². The topological polar surface area (TPSA) is 30.9 Å². The molecule has 1 unspecified atom stereocenters. The predicted octanol–water partition coefficient (Wildman–Crippen LogP) is 4.44. The molecule has 21 heavy (non-hydrogen) atoms. The molecule has 114 valence electrons. The Morgan fingerprint density at radius 1 is 1.33 bits per heavy atom. The molecule has 2 heterocycles. The van der Waals surface area contributed by atoms with Gasteiger partial charge < -0.3 is 10.3 Å². The van der Waals surface area contributed by atoms with Crippen LogP contribution in [0.3, 0.4) is 0 Å². The minimum absolute atomic E-state index is 0.193. The molecule has 1 aliphatic carbocycles. The van der Waals surface area contributed by atoms with Gasteiger partial charge in [0.25, 0.3) is 0 Å². The third-order valence-electron chi connectivity index (χ3n) is 4.65. The molecule has 0 amide bonds. The first-order chi connectivity index (χ1) is 9.89. The smallest absolute Gasteiger partial charge is 0.0568 e.